The normalized spacial score (nSPS) is 17.0. The van der Waals surface area contributed by atoms with Gasteiger partial charge in [0.05, 0.1) is 15.7 Å². The van der Waals surface area contributed by atoms with Crippen LogP contribution in [-0.2, 0) is 10.0 Å². The van der Waals surface area contributed by atoms with Crippen LogP contribution in [0.25, 0.3) is 10.2 Å². The zero-order valence-electron chi connectivity index (χ0n) is 17.8. The summed E-state index contributed by atoms with van der Waals surface area (Å²) in [5, 5.41) is 1.20. The molecule has 0 saturated carbocycles. The molecule has 0 unspecified atom stereocenters. The van der Waals surface area contributed by atoms with E-state index in [9.17, 15) is 13.2 Å². The Morgan fingerprint density at radius 1 is 1.16 bits per heavy atom. The fourth-order valence-corrected chi connectivity index (χ4v) is 7.07. The number of fused-ring (bicyclic) bond motifs is 1. The summed E-state index contributed by atoms with van der Waals surface area (Å²) in [6.07, 6.45) is 5.38. The molecule has 7 nitrogen and oxygen atoms in total. The Kier molecular flexibility index (Phi) is 6.52. The van der Waals surface area contributed by atoms with Crippen molar-refractivity contribution in [2.24, 2.45) is 0 Å². The highest BCUT2D eigenvalue weighted by Gasteiger charge is 2.25. The first kappa shape index (κ1) is 22.4. The lowest BCUT2D eigenvalue weighted by Gasteiger charge is -2.19. The number of aromatic amines is 1. The number of rotatable bonds is 5. The Balaban J connectivity index is 1.52. The number of aromatic nitrogens is 3. The van der Waals surface area contributed by atoms with E-state index in [2.05, 4.69) is 15.0 Å². The van der Waals surface area contributed by atoms with Gasteiger partial charge in [0.1, 0.15) is 15.6 Å². The van der Waals surface area contributed by atoms with Crippen LogP contribution < -0.4 is 5.56 Å². The molecule has 0 aromatic carbocycles. The van der Waals surface area contributed by atoms with Crippen LogP contribution >= 0.6 is 23.1 Å². The van der Waals surface area contributed by atoms with Gasteiger partial charge in [-0.1, -0.05) is 24.6 Å². The number of H-pyrrole nitrogens is 1. The Labute approximate surface area is 190 Å². The minimum atomic E-state index is -3.51. The molecule has 10 heteroatoms. The molecule has 3 aromatic rings. The molecule has 166 valence electrons. The molecule has 4 rings (SSSR count). The van der Waals surface area contributed by atoms with Gasteiger partial charge in [0, 0.05) is 24.2 Å². The van der Waals surface area contributed by atoms with Crippen LogP contribution in [0, 0.1) is 13.8 Å². The second-order valence-electron chi connectivity index (χ2n) is 7.83. The Hall–Kier alpha value is -1.75. The van der Waals surface area contributed by atoms with Gasteiger partial charge in [-0.15, -0.1) is 11.3 Å². The number of hydrogen-bond acceptors (Lipinski definition) is 7. The largest absolute Gasteiger partial charge is 0.309 e. The highest BCUT2D eigenvalue weighted by molar-refractivity contribution is 7.99. The smallest absolute Gasteiger partial charge is 0.259 e. The van der Waals surface area contributed by atoms with E-state index in [1.807, 2.05) is 20.8 Å². The number of thiophene rings is 1. The van der Waals surface area contributed by atoms with Gasteiger partial charge in [-0.05, 0) is 51.3 Å². The van der Waals surface area contributed by atoms with Crippen molar-refractivity contribution in [3.05, 3.63) is 44.9 Å². The molecule has 0 amide bonds. The molecular formula is C21H26N4O3S3. The molecule has 1 atom stereocenters. The van der Waals surface area contributed by atoms with Crippen LogP contribution in [0.5, 0.6) is 0 Å². The summed E-state index contributed by atoms with van der Waals surface area (Å²) < 4.78 is 27.4. The van der Waals surface area contributed by atoms with Crippen LogP contribution in [0.2, 0.25) is 0 Å². The average Bonchev–Trinajstić information content (AvgIpc) is 2.92. The molecule has 1 aliphatic rings. The summed E-state index contributed by atoms with van der Waals surface area (Å²) in [5.41, 5.74) is 0.852. The second-order valence-corrected chi connectivity index (χ2v) is 12.3. The fourth-order valence-electron chi connectivity index (χ4n) is 3.72. The third-order valence-electron chi connectivity index (χ3n) is 5.65. The monoisotopic (exact) mass is 478 g/mol. The first-order valence-corrected chi connectivity index (χ1v) is 13.5. The maximum Gasteiger partial charge on any atom is 0.259 e. The van der Waals surface area contributed by atoms with Crippen molar-refractivity contribution < 1.29 is 8.42 Å². The third-order valence-corrected chi connectivity index (χ3v) is 9.70. The van der Waals surface area contributed by atoms with Crippen molar-refractivity contribution in [1.29, 1.82) is 0 Å². The molecule has 0 radical (unpaired) electrons. The predicted octanol–water partition coefficient (Wildman–Crippen LogP) is 4.41. The molecule has 4 heterocycles. The molecule has 1 fully saturated rings. The van der Waals surface area contributed by atoms with Gasteiger partial charge < -0.3 is 4.98 Å². The lowest BCUT2D eigenvalue weighted by molar-refractivity contribution is 0.423. The molecule has 0 bridgehead atoms. The summed E-state index contributed by atoms with van der Waals surface area (Å²) >= 11 is 2.96. The van der Waals surface area contributed by atoms with Crippen molar-refractivity contribution in [3.63, 3.8) is 0 Å². The van der Waals surface area contributed by atoms with Gasteiger partial charge in [0.25, 0.3) is 5.56 Å². The highest BCUT2D eigenvalue weighted by Crippen LogP contribution is 2.34. The quantitative estimate of drug-likeness (QED) is 0.546. The molecule has 0 aliphatic carbocycles. The molecule has 1 N–H and O–H groups in total. The summed E-state index contributed by atoms with van der Waals surface area (Å²) in [6, 6.07) is 3.34. The number of hydrogen-bond donors (Lipinski definition) is 1. The molecule has 3 aromatic heterocycles. The minimum Gasteiger partial charge on any atom is -0.309 e. The maximum absolute atomic E-state index is 12.9. The van der Waals surface area contributed by atoms with Crippen LogP contribution in [0.4, 0.5) is 0 Å². The Morgan fingerprint density at radius 3 is 2.52 bits per heavy atom. The van der Waals surface area contributed by atoms with E-state index in [4.69, 9.17) is 0 Å². The Bertz CT molecular complexity index is 1240. The lowest BCUT2D eigenvalue weighted by Crippen LogP contribution is -2.32. The minimum absolute atomic E-state index is 0.124. The number of aryl methyl sites for hydroxylation is 2. The number of sulfonamides is 1. The predicted molar refractivity (Wildman–Crippen MR) is 125 cm³/mol. The SMILES string of the molecule is Cc1sc2nc([C@@H](C)Sc3ccc(S(=O)(=O)N4CCCCCC4)cn3)[nH]c(=O)c2c1C. The number of nitrogens with one attached hydrogen (secondary N) is 1. The van der Waals surface area contributed by atoms with Gasteiger partial charge in [-0.3, -0.25) is 4.79 Å². The van der Waals surface area contributed by atoms with Crippen molar-refractivity contribution in [3.8, 4) is 0 Å². The molecule has 1 saturated heterocycles. The summed E-state index contributed by atoms with van der Waals surface area (Å²) in [7, 11) is -3.51. The van der Waals surface area contributed by atoms with Crippen LogP contribution in [0.1, 0.15) is 54.1 Å². The van der Waals surface area contributed by atoms with E-state index in [0.29, 0.717) is 29.3 Å². The molecule has 31 heavy (non-hydrogen) atoms. The van der Waals surface area contributed by atoms with E-state index >= 15 is 0 Å². The number of thioether (sulfide) groups is 1. The van der Waals surface area contributed by atoms with E-state index in [1.54, 1.807) is 16.4 Å². The van der Waals surface area contributed by atoms with Crippen molar-refractivity contribution in [2.75, 3.05) is 13.1 Å². The molecular weight excluding hydrogens is 452 g/mol. The van der Waals surface area contributed by atoms with E-state index in [1.165, 1.54) is 29.3 Å². The van der Waals surface area contributed by atoms with Gasteiger partial charge in [-0.25, -0.2) is 18.4 Å². The van der Waals surface area contributed by atoms with E-state index in [0.717, 1.165) is 41.0 Å². The third kappa shape index (κ3) is 4.57. The van der Waals surface area contributed by atoms with Crippen LogP contribution in [0.3, 0.4) is 0 Å². The standard InChI is InChI=1S/C21H26N4O3S3/c1-13-14(2)30-21-18(13)20(26)23-19(24-21)15(3)29-17-9-8-16(12-22-17)31(27,28)25-10-6-4-5-7-11-25/h8-9,12,15H,4-7,10-11H2,1-3H3,(H,23,24,26)/t15-/m1/s1. The maximum atomic E-state index is 12.9. The molecule has 1 aliphatic heterocycles. The van der Waals surface area contributed by atoms with E-state index < -0.39 is 10.0 Å². The van der Waals surface area contributed by atoms with Crippen LogP contribution in [0.15, 0.2) is 33.0 Å². The van der Waals surface area contributed by atoms with E-state index in [-0.39, 0.29) is 15.7 Å². The van der Waals surface area contributed by atoms with Gasteiger partial charge in [0.2, 0.25) is 10.0 Å². The fraction of sp³-hybridized carbons (Fsp3) is 0.476. The number of nitrogens with zero attached hydrogens (tertiary/aromatic N) is 3. The summed E-state index contributed by atoms with van der Waals surface area (Å²) in [6.45, 7) is 7.02. The number of pyridine rings is 1. The topological polar surface area (TPSA) is 96.0 Å². The second kappa shape index (κ2) is 9.01. The van der Waals surface area contributed by atoms with Crippen molar-refractivity contribution in [2.45, 2.75) is 61.6 Å². The first-order chi connectivity index (χ1) is 14.8. The zero-order chi connectivity index (χ0) is 22.2. The Morgan fingerprint density at radius 2 is 1.87 bits per heavy atom. The zero-order valence-corrected chi connectivity index (χ0v) is 20.3. The van der Waals surface area contributed by atoms with Crippen molar-refractivity contribution >= 4 is 43.3 Å². The first-order valence-electron chi connectivity index (χ1n) is 10.4. The summed E-state index contributed by atoms with van der Waals surface area (Å²) in [4.78, 5) is 26.5. The van der Waals surface area contributed by atoms with Gasteiger partial charge >= 0.3 is 0 Å². The van der Waals surface area contributed by atoms with Crippen molar-refractivity contribution in [1.82, 2.24) is 19.3 Å². The lowest BCUT2D eigenvalue weighted by atomic mass is 10.2. The van der Waals surface area contributed by atoms with Gasteiger partial charge in [-0.2, -0.15) is 4.31 Å². The average molecular weight is 479 g/mol. The highest BCUT2D eigenvalue weighted by atomic mass is 32.2. The molecule has 0 spiro atoms. The van der Waals surface area contributed by atoms with Gasteiger partial charge in [0.15, 0.2) is 0 Å². The van der Waals surface area contributed by atoms with Crippen LogP contribution in [-0.4, -0.2) is 40.8 Å². The summed E-state index contributed by atoms with van der Waals surface area (Å²) in [5.74, 6) is 0.590.